The number of para-hydroxylation sites is 1. The first-order chi connectivity index (χ1) is 15.1. The van der Waals surface area contributed by atoms with Crippen molar-refractivity contribution in [3.05, 3.63) is 102 Å². The van der Waals surface area contributed by atoms with Crippen LogP contribution >= 0.6 is 0 Å². The van der Waals surface area contributed by atoms with Gasteiger partial charge in [-0.2, -0.15) is 0 Å². The number of amides is 3. The number of carbonyl (C=O) groups excluding carboxylic acids is 3. The van der Waals surface area contributed by atoms with E-state index in [2.05, 4.69) is 16.0 Å². The van der Waals surface area contributed by atoms with Crippen molar-refractivity contribution in [1.29, 1.82) is 0 Å². The summed E-state index contributed by atoms with van der Waals surface area (Å²) in [6, 6.07) is 25.2. The van der Waals surface area contributed by atoms with E-state index in [0.717, 1.165) is 11.1 Å². The Labute approximate surface area is 180 Å². The monoisotopic (exact) mass is 413 g/mol. The fourth-order valence-electron chi connectivity index (χ4n) is 3.67. The molecule has 31 heavy (non-hydrogen) atoms. The van der Waals surface area contributed by atoms with Crippen molar-refractivity contribution in [2.24, 2.45) is 0 Å². The van der Waals surface area contributed by atoms with Crippen molar-refractivity contribution < 1.29 is 14.4 Å². The minimum absolute atomic E-state index is 0.102. The van der Waals surface area contributed by atoms with Crippen LogP contribution in [-0.2, 0) is 9.59 Å². The Morgan fingerprint density at radius 3 is 2.06 bits per heavy atom. The van der Waals surface area contributed by atoms with Crippen molar-refractivity contribution in [3.8, 4) is 0 Å². The molecule has 0 bridgehead atoms. The molecule has 156 valence electrons. The zero-order valence-electron chi connectivity index (χ0n) is 16.9. The van der Waals surface area contributed by atoms with Gasteiger partial charge in [0.25, 0.3) is 5.91 Å². The molecule has 0 saturated heterocycles. The van der Waals surface area contributed by atoms with Crippen LogP contribution in [0.3, 0.4) is 0 Å². The molecule has 1 aliphatic heterocycles. The Balaban J connectivity index is 1.43. The van der Waals surface area contributed by atoms with Gasteiger partial charge in [0.2, 0.25) is 11.8 Å². The first-order valence-electron chi connectivity index (χ1n) is 10.2. The van der Waals surface area contributed by atoms with E-state index in [0.29, 0.717) is 11.3 Å². The Morgan fingerprint density at radius 2 is 1.42 bits per heavy atom. The highest BCUT2D eigenvalue weighted by molar-refractivity contribution is 6.09. The Morgan fingerprint density at radius 1 is 0.839 bits per heavy atom. The highest BCUT2D eigenvalue weighted by Crippen LogP contribution is 2.23. The normalized spacial score (nSPS) is 15.5. The summed E-state index contributed by atoms with van der Waals surface area (Å²) in [6.07, 6.45) is 0.304. The van der Waals surface area contributed by atoms with E-state index in [1.807, 2.05) is 60.7 Å². The van der Waals surface area contributed by atoms with Crippen LogP contribution in [0.15, 0.2) is 84.9 Å². The molecule has 1 aliphatic rings. The maximum atomic E-state index is 12.8. The number of rotatable bonds is 6. The molecule has 6 heteroatoms. The SMILES string of the molecule is O=C(CC[C@H]1NC(=O)c2ccccc2NC1=O)NC(c1ccccc1)c1ccccc1. The van der Waals surface area contributed by atoms with E-state index < -0.39 is 6.04 Å². The summed E-state index contributed by atoms with van der Waals surface area (Å²) in [7, 11) is 0. The van der Waals surface area contributed by atoms with E-state index >= 15 is 0 Å². The van der Waals surface area contributed by atoms with Crippen LogP contribution in [0.4, 0.5) is 5.69 Å². The molecule has 3 amide bonds. The van der Waals surface area contributed by atoms with Gasteiger partial charge in [-0.3, -0.25) is 14.4 Å². The van der Waals surface area contributed by atoms with Crippen LogP contribution < -0.4 is 16.0 Å². The quantitative estimate of drug-likeness (QED) is 0.579. The van der Waals surface area contributed by atoms with Crippen LogP contribution in [0.2, 0.25) is 0 Å². The first kappa shape index (κ1) is 20.3. The second-order valence-electron chi connectivity index (χ2n) is 7.42. The summed E-state index contributed by atoms with van der Waals surface area (Å²) in [5.41, 5.74) is 2.83. The molecule has 6 nitrogen and oxygen atoms in total. The van der Waals surface area contributed by atoms with Crippen LogP contribution in [0.25, 0.3) is 0 Å². The van der Waals surface area contributed by atoms with Crippen LogP contribution in [0, 0.1) is 0 Å². The minimum Gasteiger partial charge on any atom is -0.345 e. The van der Waals surface area contributed by atoms with Gasteiger partial charge in [0.15, 0.2) is 0 Å². The standard InChI is InChI=1S/C25H23N3O3/c29-22(28-23(17-9-3-1-4-10-17)18-11-5-2-6-12-18)16-15-21-25(31)26-20-14-8-7-13-19(20)24(30)27-21/h1-14,21,23H,15-16H2,(H,26,31)(H,27,30)(H,28,29)/t21-/m1/s1. The average Bonchev–Trinajstić information content (AvgIpc) is 2.93. The van der Waals surface area contributed by atoms with Crippen molar-refractivity contribution in [2.45, 2.75) is 24.9 Å². The molecule has 3 aromatic rings. The Hall–Kier alpha value is -3.93. The number of hydrogen-bond donors (Lipinski definition) is 3. The fourth-order valence-corrected chi connectivity index (χ4v) is 3.67. The van der Waals surface area contributed by atoms with E-state index in [1.165, 1.54) is 0 Å². The van der Waals surface area contributed by atoms with Crippen LogP contribution in [0.5, 0.6) is 0 Å². The molecule has 3 aromatic carbocycles. The summed E-state index contributed by atoms with van der Waals surface area (Å²) in [5, 5.41) is 8.56. The zero-order chi connectivity index (χ0) is 21.6. The average molecular weight is 413 g/mol. The lowest BCUT2D eigenvalue weighted by Gasteiger charge is -2.21. The maximum absolute atomic E-state index is 12.8. The molecule has 0 radical (unpaired) electrons. The molecule has 3 N–H and O–H groups in total. The number of anilines is 1. The minimum atomic E-state index is -0.780. The number of benzene rings is 3. The van der Waals surface area contributed by atoms with Gasteiger partial charge in [0.05, 0.1) is 17.3 Å². The lowest BCUT2D eigenvalue weighted by molar-refractivity contribution is -0.122. The first-order valence-corrected chi connectivity index (χ1v) is 10.2. The molecule has 0 saturated carbocycles. The fraction of sp³-hybridized carbons (Fsp3) is 0.160. The number of hydrogen-bond acceptors (Lipinski definition) is 3. The van der Waals surface area contributed by atoms with E-state index in [9.17, 15) is 14.4 Å². The molecule has 1 atom stereocenters. The Kier molecular flexibility index (Phi) is 6.08. The molecule has 1 heterocycles. The Bertz CT molecular complexity index is 1040. The van der Waals surface area contributed by atoms with Crippen LogP contribution in [0.1, 0.15) is 40.4 Å². The summed E-state index contributed by atoms with van der Waals surface area (Å²) < 4.78 is 0. The van der Waals surface area contributed by atoms with Crippen molar-refractivity contribution in [1.82, 2.24) is 10.6 Å². The number of fused-ring (bicyclic) bond motifs is 1. The van der Waals surface area contributed by atoms with Gasteiger partial charge in [-0.1, -0.05) is 72.8 Å². The van der Waals surface area contributed by atoms with E-state index in [-0.39, 0.29) is 36.6 Å². The summed E-state index contributed by atoms with van der Waals surface area (Å²) in [4.78, 5) is 37.8. The van der Waals surface area contributed by atoms with Gasteiger partial charge in [-0.25, -0.2) is 0 Å². The topological polar surface area (TPSA) is 87.3 Å². The van der Waals surface area contributed by atoms with Gasteiger partial charge in [0.1, 0.15) is 6.04 Å². The predicted molar refractivity (Wildman–Crippen MR) is 118 cm³/mol. The van der Waals surface area contributed by atoms with E-state index in [1.54, 1.807) is 24.3 Å². The zero-order valence-corrected chi connectivity index (χ0v) is 16.9. The predicted octanol–water partition coefficient (Wildman–Crippen LogP) is 3.42. The van der Waals surface area contributed by atoms with Crippen molar-refractivity contribution >= 4 is 23.4 Å². The molecule has 0 unspecified atom stereocenters. The highest BCUT2D eigenvalue weighted by Gasteiger charge is 2.28. The lowest BCUT2D eigenvalue weighted by Crippen LogP contribution is -2.42. The molecular weight excluding hydrogens is 390 g/mol. The molecule has 4 rings (SSSR count). The van der Waals surface area contributed by atoms with E-state index in [4.69, 9.17) is 0 Å². The second kappa shape index (κ2) is 9.26. The largest absolute Gasteiger partial charge is 0.345 e. The third-order valence-electron chi connectivity index (χ3n) is 5.28. The summed E-state index contributed by atoms with van der Waals surface area (Å²) in [5.74, 6) is -0.846. The van der Waals surface area contributed by atoms with Crippen molar-refractivity contribution in [3.63, 3.8) is 0 Å². The maximum Gasteiger partial charge on any atom is 0.254 e. The highest BCUT2D eigenvalue weighted by atomic mass is 16.2. The molecular formula is C25H23N3O3. The third kappa shape index (κ3) is 4.80. The van der Waals surface area contributed by atoms with Gasteiger partial charge < -0.3 is 16.0 Å². The van der Waals surface area contributed by atoms with Gasteiger partial charge >= 0.3 is 0 Å². The molecule has 0 aliphatic carbocycles. The molecule has 0 fully saturated rings. The van der Waals surface area contributed by atoms with Gasteiger partial charge in [-0.05, 0) is 29.7 Å². The second-order valence-corrected chi connectivity index (χ2v) is 7.42. The summed E-state index contributed by atoms with van der Waals surface area (Å²) >= 11 is 0. The third-order valence-corrected chi connectivity index (χ3v) is 5.28. The number of nitrogens with one attached hydrogen (secondary N) is 3. The van der Waals surface area contributed by atoms with Crippen molar-refractivity contribution in [2.75, 3.05) is 5.32 Å². The van der Waals surface area contributed by atoms with Gasteiger partial charge in [0, 0.05) is 6.42 Å². The smallest absolute Gasteiger partial charge is 0.254 e. The lowest BCUT2D eigenvalue weighted by atomic mass is 9.98. The van der Waals surface area contributed by atoms with Crippen LogP contribution in [-0.4, -0.2) is 23.8 Å². The van der Waals surface area contributed by atoms with Gasteiger partial charge in [-0.15, -0.1) is 0 Å². The summed E-state index contributed by atoms with van der Waals surface area (Å²) in [6.45, 7) is 0. The number of carbonyl (C=O) groups is 3. The molecule has 0 spiro atoms. The molecule has 0 aromatic heterocycles.